The largest absolute Gasteiger partial charge is 0.451 e. The van der Waals surface area contributed by atoms with Crippen molar-refractivity contribution in [2.24, 2.45) is 0 Å². The minimum absolute atomic E-state index is 0.145. The summed E-state index contributed by atoms with van der Waals surface area (Å²) in [5, 5.41) is 6.76. The maximum absolute atomic E-state index is 12.4. The molecule has 0 aliphatic heterocycles. The molecule has 2 N–H and O–H groups in total. The van der Waals surface area contributed by atoms with Crippen molar-refractivity contribution in [2.75, 3.05) is 11.9 Å². The number of para-hydroxylation sites is 1. The number of nitrogens with one attached hydrogen (secondary N) is 2. The highest BCUT2D eigenvalue weighted by Gasteiger charge is 2.18. The van der Waals surface area contributed by atoms with Gasteiger partial charge in [0.15, 0.2) is 5.76 Å². The van der Waals surface area contributed by atoms with E-state index in [4.69, 9.17) is 16.0 Å². The van der Waals surface area contributed by atoms with E-state index < -0.39 is 5.91 Å². The molecule has 1 aromatic heterocycles. The van der Waals surface area contributed by atoms with Crippen LogP contribution in [0.5, 0.6) is 0 Å². The van der Waals surface area contributed by atoms with E-state index in [-0.39, 0.29) is 18.2 Å². The number of furan rings is 1. The van der Waals surface area contributed by atoms with Crippen molar-refractivity contribution >= 4 is 40.1 Å². The predicted octanol–water partition coefficient (Wildman–Crippen LogP) is 4.33. The third kappa shape index (κ3) is 3.73. The van der Waals surface area contributed by atoms with Gasteiger partial charge in [-0.3, -0.25) is 9.59 Å². The van der Waals surface area contributed by atoms with Crippen LogP contribution in [0.4, 0.5) is 5.69 Å². The Morgan fingerprint density at radius 3 is 2.69 bits per heavy atom. The summed E-state index contributed by atoms with van der Waals surface area (Å²) in [6, 6.07) is 12.7. The molecule has 0 fully saturated rings. The summed E-state index contributed by atoms with van der Waals surface area (Å²) in [5.41, 5.74) is 3.07. The number of carbonyl (C=O) groups excluding carboxylic acids is 2. The Morgan fingerprint density at radius 2 is 1.92 bits per heavy atom. The molecule has 5 nitrogen and oxygen atoms in total. The number of rotatable bonds is 5. The van der Waals surface area contributed by atoms with Crippen molar-refractivity contribution in [3.8, 4) is 0 Å². The summed E-state index contributed by atoms with van der Waals surface area (Å²) in [6.07, 6.45) is 0.809. The topological polar surface area (TPSA) is 71.3 Å². The molecule has 0 saturated carbocycles. The molecule has 2 amide bonds. The Balaban J connectivity index is 1.67. The average Bonchev–Trinajstić information content (AvgIpc) is 2.96. The van der Waals surface area contributed by atoms with Crippen LogP contribution in [0, 0.1) is 6.92 Å². The van der Waals surface area contributed by atoms with Gasteiger partial charge in [0.25, 0.3) is 5.91 Å². The number of aryl methyl sites for hydroxylation is 2. The van der Waals surface area contributed by atoms with Crippen molar-refractivity contribution in [2.45, 2.75) is 20.3 Å². The fraction of sp³-hybridized carbons (Fsp3) is 0.200. The SMILES string of the molecule is CCc1ccccc1NC(=O)CNC(=O)c1oc2ccc(Cl)cc2c1C. The summed E-state index contributed by atoms with van der Waals surface area (Å²) in [7, 11) is 0. The lowest BCUT2D eigenvalue weighted by molar-refractivity contribution is -0.115. The molecule has 0 spiro atoms. The zero-order chi connectivity index (χ0) is 18.7. The number of anilines is 1. The first-order valence-corrected chi connectivity index (χ1v) is 8.72. The van der Waals surface area contributed by atoms with Crippen molar-refractivity contribution in [3.63, 3.8) is 0 Å². The number of benzene rings is 2. The van der Waals surface area contributed by atoms with E-state index in [2.05, 4.69) is 10.6 Å². The number of hydrogen-bond acceptors (Lipinski definition) is 3. The molecule has 6 heteroatoms. The second kappa shape index (κ2) is 7.62. The molecule has 0 aliphatic rings. The van der Waals surface area contributed by atoms with Gasteiger partial charge in [-0.2, -0.15) is 0 Å². The van der Waals surface area contributed by atoms with E-state index in [1.165, 1.54) is 0 Å². The molecule has 2 aromatic carbocycles. The molecule has 26 heavy (non-hydrogen) atoms. The third-order valence-corrected chi connectivity index (χ3v) is 4.42. The summed E-state index contributed by atoms with van der Waals surface area (Å²) < 4.78 is 5.60. The highest BCUT2D eigenvalue weighted by atomic mass is 35.5. The fourth-order valence-electron chi connectivity index (χ4n) is 2.80. The van der Waals surface area contributed by atoms with Crippen LogP contribution in [-0.4, -0.2) is 18.4 Å². The summed E-state index contributed by atoms with van der Waals surface area (Å²) >= 11 is 5.99. The van der Waals surface area contributed by atoms with Gasteiger partial charge in [-0.25, -0.2) is 0 Å². The zero-order valence-corrected chi connectivity index (χ0v) is 15.3. The van der Waals surface area contributed by atoms with Gasteiger partial charge in [0, 0.05) is 21.7 Å². The lowest BCUT2D eigenvalue weighted by Gasteiger charge is -2.10. The third-order valence-electron chi connectivity index (χ3n) is 4.19. The molecule has 3 rings (SSSR count). The molecule has 0 radical (unpaired) electrons. The van der Waals surface area contributed by atoms with Gasteiger partial charge < -0.3 is 15.1 Å². The monoisotopic (exact) mass is 370 g/mol. The van der Waals surface area contributed by atoms with E-state index in [0.717, 1.165) is 23.1 Å². The molecule has 0 aliphatic carbocycles. The maximum Gasteiger partial charge on any atom is 0.287 e. The van der Waals surface area contributed by atoms with E-state index in [0.29, 0.717) is 16.2 Å². The Hall–Kier alpha value is -2.79. The van der Waals surface area contributed by atoms with Gasteiger partial charge in [-0.05, 0) is 43.2 Å². The molecular formula is C20H19ClN2O3. The van der Waals surface area contributed by atoms with Gasteiger partial charge in [0.1, 0.15) is 5.58 Å². The second-order valence-corrected chi connectivity index (χ2v) is 6.37. The molecule has 0 atom stereocenters. The van der Waals surface area contributed by atoms with E-state index in [1.54, 1.807) is 25.1 Å². The van der Waals surface area contributed by atoms with Gasteiger partial charge in [0.2, 0.25) is 5.91 Å². The Bertz CT molecular complexity index is 978. The predicted molar refractivity (Wildman–Crippen MR) is 103 cm³/mol. The normalized spacial score (nSPS) is 10.7. The van der Waals surface area contributed by atoms with Gasteiger partial charge >= 0.3 is 0 Å². The van der Waals surface area contributed by atoms with Crippen LogP contribution >= 0.6 is 11.6 Å². The van der Waals surface area contributed by atoms with E-state index in [1.807, 2.05) is 31.2 Å². The van der Waals surface area contributed by atoms with Crippen molar-refractivity contribution < 1.29 is 14.0 Å². The van der Waals surface area contributed by atoms with E-state index >= 15 is 0 Å². The highest BCUT2D eigenvalue weighted by molar-refractivity contribution is 6.31. The van der Waals surface area contributed by atoms with Crippen LogP contribution in [0.3, 0.4) is 0 Å². The Morgan fingerprint density at radius 1 is 1.15 bits per heavy atom. The number of halogens is 1. The summed E-state index contributed by atoms with van der Waals surface area (Å²) in [6.45, 7) is 3.66. The zero-order valence-electron chi connectivity index (χ0n) is 14.6. The number of carbonyl (C=O) groups is 2. The molecule has 3 aromatic rings. The van der Waals surface area contributed by atoms with Crippen LogP contribution < -0.4 is 10.6 Å². The quantitative estimate of drug-likeness (QED) is 0.702. The van der Waals surface area contributed by atoms with Crippen LogP contribution in [0.1, 0.15) is 28.6 Å². The highest BCUT2D eigenvalue weighted by Crippen LogP contribution is 2.27. The Kier molecular flexibility index (Phi) is 5.28. The number of hydrogen-bond donors (Lipinski definition) is 2. The molecule has 0 unspecified atom stereocenters. The van der Waals surface area contributed by atoms with Crippen LogP contribution in [0.15, 0.2) is 46.9 Å². The molecule has 134 valence electrons. The summed E-state index contributed by atoms with van der Waals surface area (Å²) in [4.78, 5) is 24.5. The first-order valence-electron chi connectivity index (χ1n) is 8.34. The molecule has 0 saturated heterocycles. The smallest absolute Gasteiger partial charge is 0.287 e. The average molecular weight is 371 g/mol. The lowest BCUT2D eigenvalue weighted by atomic mass is 10.1. The number of amides is 2. The first-order chi connectivity index (χ1) is 12.5. The number of fused-ring (bicyclic) bond motifs is 1. The maximum atomic E-state index is 12.4. The lowest BCUT2D eigenvalue weighted by Crippen LogP contribution is -2.33. The van der Waals surface area contributed by atoms with Crippen molar-refractivity contribution in [1.82, 2.24) is 5.32 Å². The molecule has 1 heterocycles. The van der Waals surface area contributed by atoms with Crippen LogP contribution in [0.25, 0.3) is 11.0 Å². The van der Waals surface area contributed by atoms with Crippen molar-refractivity contribution in [3.05, 3.63) is 64.4 Å². The molecule has 0 bridgehead atoms. The minimum Gasteiger partial charge on any atom is -0.451 e. The molecular weight excluding hydrogens is 352 g/mol. The Labute approximate surface area is 156 Å². The van der Waals surface area contributed by atoms with Gasteiger partial charge in [-0.15, -0.1) is 0 Å². The van der Waals surface area contributed by atoms with Crippen LogP contribution in [-0.2, 0) is 11.2 Å². The summed E-state index contributed by atoms with van der Waals surface area (Å²) in [5.74, 6) is -0.547. The first kappa shape index (κ1) is 18.0. The van der Waals surface area contributed by atoms with Gasteiger partial charge in [-0.1, -0.05) is 36.7 Å². The minimum atomic E-state index is -0.436. The second-order valence-electron chi connectivity index (χ2n) is 5.94. The standard InChI is InChI=1S/C20H19ClN2O3/c1-3-13-6-4-5-7-16(13)23-18(24)11-22-20(25)19-12(2)15-10-14(21)8-9-17(15)26-19/h4-10H,3,11H2,1-2H3,(H,22,25)(H,23,24). The fourth-order valence-corrected chi connectivity index (χ4v) is 2.97. The van der Waals surface area contributed by atoms with Crippen molar-refractivity contribution in [1.29, 1.82) is 0 Å². The van der Waals surface area contributed by atoms with Crippen LogP contribution in [0.2, 0.25) is 5.02 Å². The van der Waals surface area contributed by atoms with Gasteiger partial charge in [0.05, 0.1) is 6.54 Å². The van der Waals surface area contributed by atoms with E-state index in [9.17, 15) is 9.59 Å².